The molecule has 14 heavy (non-hydrogen) atoms. The molecule has 0 saturated heterocycles. The summed E-state index contributed by atoms with van der Waals surface area (Å²) in [6, 6.07) is 1.95. The van der Waals surface area contributed by atoms with Crippen molar-refractivity contribution in [2.24, 2.45) is 10.9 Å². The molecule has 0 radical (unpaired) electrons. The predicted octanol–water partition coefficient (Wildman–Crippen LogP) is 2.21. The number of aryl methyl sites for hydroxylation is 1. The number of nitrogens with two attached hydrogens (primary N) is 1. The molecule has 1 aromatic rings. The largest absolute Gasteiger partial charge is 0.468 e. The van der Waals surface area contributed by atoms with E-state index in [9.17, 15) is 0 Å². The van der Waals surface area contributed by atoms with Gasteiger partial charge in [0.05, 0.1) is 6.26 Å². The van der Waals surface area contributed by atoms with Gasteiger partial charge in [-0.2, -0.15) is 0 Å². The molecule has 0 saturated carbocycles. The van der Waals surface area contributed by atoms with E-state index in [2.05, 4.69) is 5.16 Å². The van der Waals surface area contributed by atoms with E-state index in [4.69, 9.17) is 15.4 Å². The van der Waals surface area contributed by atoms with Crippen LogP contribution >= 0.6 is 11.8 Å². The van der Waals surface area contributed by atoms with Gasteiger partial charge in [0.1, 0.15) is 11.6 Å². The maximum atomic E-state index is 8.30. The SMILES string of the molecule is Cc1occc1SCCC/C(N)=N/O. The van der Waals surface area contributed by atoms with E-state index in [-0.39, 0.29) is 5.84 Å². The molecule has 0 fully saturated rings. The first kappa shape index (κ1) is 11.0. The van der Waals surface area contributed by atoms with Crippen molar-refractivity contribution in [1.29, 1.82) is 0 Å². The van der Waals surface area contributed by atoms with Crippen LogP contribution in [0.3, 0.4) is 0 Å². The summed E-state index contributed by atoms with van der Waals surface area (Å²) in [7, 11) is 0. The van der Waals surface area contributed by atoms with Crippen molar-refractivity contribution in [2.75, 3.05) is 5.75 Å². The molecule has 0 aromatic carbocycles. The van der Waals surface area contributed by atoms with Crippen LogP contribution in [0.1, 0.15) is 18.6 Å². The first-order valence-corrected chi connectivity index (χ1v) is 5.36. The van der Waals surface area contributed by atoms with Crippen molar-refractivity contribution in [1.82, 2.24) is 0 Å². The standard InChI is InChI=1S/C9H14N2O2S/c1-7-8(4-5-13-7)14-6-2-3-9(10)11-12/h4-5,12H,2-3,6H2,1H3,(H2,10,11). The Hall–Kier alpha value is -1.10. The number of amidine groups is 1. The Morgan fingerprint density at radius 3 is 3.07 bits per heavy atom. The average Bonchev–Trinajstić information content (AvgIpc) is 2.58. The molecule has 4 nitrogen and oxygen atoms in total. The maximum Gasteiger partial charge on any atom is 0.139 e. The van der Waals surface area contributed by atoms with E-state index in [1.54, 1.807) is 18.0 Å². The zero-order chi connectivity index (χ0) is 10.4. The zero-order valence-electron chi connectivity index (χ0n) is 8.06. The number of hydrogen-bond donors (Lipinski definition) is 2. The monoisotopic (exact) mass is 214 g/mol. The number of oxime groups is 1. The number of rotatable bonds is 5. The van der Waals surface area contributed by atoms with Gasteiger partial charge in [0.25, 0.3) is 0 Å². The quantitative estimate of drug-likeness (QED) is 0.197. The van der Waals surface area contributed by atoms with Gasteiger partial charge in [-0.1, -0.05) is 5.16 Å². The molecule has 0 bridgehead atoms. The Morgan fingerprint density at radius 2 is 2.50 bits per heavy atom. The van der Waals surface area contributed by atoms with E-state index in [1.807, 2.05) is 13.0 Å². The van der Waals surface area contributed by atoms with Crippen molar-refractivity contribution in [2.45, 2.75) is 24.7 Å². The average molecular weight is 214 g/mol. The Balaban J connectivity index is 2.20. The molecule has 0 spiro atoms. The molecule has 0 amide bonds. The molecule has 1 rings (SSSR count). The Morgan fingerprint density at radius 1 is 1.71 bits per heavy atom. The van der Waals surface area contributed by atoms with Crippen LogP contribution in [0.15, 0.2) is 26.8 Å². The first-order chi connectivity index (χ1) is 6.74. The van der Waals surface area contributed by atoms with Crippen molar-refractivity contribution in [3.63, 3.8) is 0 Å². The topological polar surface area (TPSA) is 71.8 Å². The highest BCUT2D eigenvalue weighted by Gasteiger charge is 2.01. The fourth-order valence-corrected chi connectivity index (χ4v) is 1.92. The van der Waals surface area contributed by atoms with Crippen molar-refractivity contribution < 1.29 is 9.62 Å². The molecular weight excluding hydrogens is 200 g/mol. The van der Waals surface area contributed by atoms with Crippen LogP contribution in [-0.2, 0) is 0 Å². The lowest BCUT2D eigenvalue weighted by Gasteiger charge is -1.99. The third-order valence-corrected chi connectivity index (χ3v) is 3.00. The second-order valence-electron chi connectivity index (χ2n) is 2.88. The smallest absolute Gasteiger partial charge is 0.139 e. The van der Waals surface area contributed by atoms with Crippen molar-refractivity contribution in [3.8, 4) is 0 Å². The second kappa shape index (κ2) is 5.59. The van der Waals surface area contributed by atoms with Crippen LogP contribution in [0, 0.1) is 6.92 Å². The van der Waals surface area contributed by atoms with Gasteiger partial charge in [0.15, 0.2) is 0 Å². The van der Waals surface area contributed by atoms with E-state index in [0.717, 1.165) is 22.8 Å². The molecule has 0 aliphatic rings. The highest BCUT2D eigenvalue weighted by Crippen LogP contribution is 2.23. The van der Waals surface area contributed by atoms with Crippen LogP contribution in [0.25, 0.3) is 0 Å². The van der Waals surface area contributed by atoms with Crippen molar-refractivity contribution >= 4 is 17.6 Å². The van der Waals surface area contributed by atoms with E-state index in [1.165, 1.54) is 0 Å². The van der Waals surface area contributed by atoms with E-state index >= 15 is 0 Å². The van der Waals surface area contributed by atoms with Gasteiger partial charge in [-0.3, -0.25) is 0 Å². The highest BCUT2D eigenvalue weighted by molar-refractivity contribution is 7.99. The summed E-state index contributed by atoms with van der Waals surface area (Å²) in [6.07, 6.45) is 3.20. The number of nitrogens with zero attached hydrogens (tertiary/aromatic N) is 1. The van der Waals surface area contributed by atoms with Gasteiger partial charge < -0.3 is 15.4 Å². The molecule has 5 heteroatoms. The third-order valence-electron chi connectivity index (χ3n) is 1.77. The molecule has 78 valence electrons. The Bertz CT molecular complexity index is 310. The summed E-state index contributed by atoms with van der Waals surface area (Å²) in [4.78, 5) is 1.16. The predicted molar refractivity (Wildman–Crippen MR) is 56.8 cm³/mol. The van der Waals surface area contributed by atoms with Crippen LogP contribution in [0.2, 0.25) is 0 Å². The molecule has 1 aromatic heterocycles. The summed E-state index contributed by atoms with van der Waals surface area (Å²) in [5.41, 5.74) is 5.33. The number of furan rings is 1. The molecule has 0 atom stereocenters. The van der Waals surface area contributed by atoms with Gasteiger partial charge in [-0.05, 0) is 25.2 Å². The summed E-state index contributed by atoms with van der Waals surface area (Å²) in [5.74, 6) is 2.17. The fourth-order valence-electron chi connectivity index (χ4n) is 1.01. The van der Waals surface area contributed by atoms with Gasteiger partial charge in [0, 0.05) is 11.3 Å². The molecule has 1 heterocycles. The minimum atomic E-state index is 0.287. The molecule has 0 aliphatic heterocycles. The minimum Gasteiger partial charge on any atom is -0.468 e. The number of hydrogen-bond acceptors (Lipinski definition) is 4. The van der Waals surface area contributed by atoms with Gasteiger partial charge >= 0.3 is 0 Å². The van der Waals surface area contributed by atoms with Crippen molar-refractivity contribution in [3.05, 3.63) is 18.1 Å². The maximum absolute atomic E-state index is 8.30. The normalized spacial score (nSPS) is 11.9. The van der Waals surface area contributed by atoms with Crippen LogP contribution < -0.4 is 5.73 Å². The third kappa shape index (κ3) is 3.33. The van der Waals surface area contributed by atoms with Gasteiger partial charge in [0.2, 0.25) is 0 Å². The van der Waals surface area contributed by atoms with Gasteiger partial charge in [-0.15, -0.1) is 11.8 Å². The molecule has 0 unspecified atom stereocenters. The van der Waals surface area contributed by atoms with Crippen LogP contribution in [-0.4, -0.2) is 16.8 Å². The summed E-state index contributed by atoms with van der Waals surface area (Å²) in [5, 5.41) is 11.2. The fraction of sp³-hybridized carbons (Fsp3) is 0.444. The molecule has 0 aliphatic carbocycles. The highest BCUT2D eigenvalue weighted by atomic mass is 32.2. The van der Waals surface area contributed by atoms with E-state index in [0.29, 0.717) is 6.42 Å². The van der Waals surface area contributed by atoms with Crippen LogP contribution in [0.5, 0.6) is 0 Å². The number of thioether (sulfide) groups is 1. The van der Waals surface area contributed by atoms with E-state index < -0.39 is 0 Å². The first-order valence-electron chi connectivity index (χ1n) is 4.37. The second-order valence-corrected chi connectivity index (χ2v) is 4.02. The Labute approximate surface area is 87.2 Å². The van der Waals surface area contributed by atoms with Gasteiger partial charge in [-0.25, -0.2) is 0 Å². The summed E-state index contributed by atoms with van der Waals surface area (Å²) < 4.78 is 5.15. The minimum absolute atomic E-state index is 0.287. The Kier molecular flexibility index (Phi) is 4.39. The van der Waals surface area contributed by atoms with Crippen LogP contribution in [0.4, 0.5) is 0 Å². The molecular formula is C9H14N2O2S. The zero-order valence-corrected chi connectivity index (χ0v) is 8.88. The summed E-state index contributed by atoms with van der Waals surface area (Å²) >= 11 is 1.72. The lowest BCUT2D eigenvalue weighted by Crippen LogP contribution is -2.11. The lowest BCUT2D eigenvalue weighted by atomic mass is 10.3. The summed E-state index contributed by atoms with van der Waals surface area (Å²) in [6.45, 7) is 1.94. The lowest BCUT2D eigenvalue weighted by molar-refractivity contribution is 0.317. The molecule has 3 N–H and O–H groups in total.